The molecule has 1 N–H and O–H groups in total. The Morgan fingerprint density at radius 2 is 2.15 bits per heavy atom. The van der Waals surface area contributed by atoms with Crippen LogP contribution in [0.15, 0.2) is 48.8 Å². The van der Waals surface area contributed by atoms with Gasteiger partial charge in [-0.2, -0.15) is 0 Å². The normalized spacial score (nSPS) is 10.8. The van der Waals surface area contributed by atoms with Crippen LogP contribution >= 0.6 is 0 Å². The van der Waals surface area contributed by atoms with E-state index in [9.17, 15) is 4.79 Å². The molecular formula is C16H14N2O2. The SMILES string of the molecule is Cc1cn(Cc2ccccn2)c2cc(C(=O)O)ccc12. The van der Waals surface area contributed by atoms with E-state index in [1.54, 1.807) is 18.3 Å². The van der Waals surface area contributed by atoms with E-state index in [-0.39, 0.29) is 0 Å². The largest absolute Gasteiger partial charge is 0.478 e. The lowest BCUT2D eigenvalue weighted by Gasteiger charge is -2.05. The molecule has 0 amide bonds. The molecule has 0 aliphatic rings. The second-order valence-corrected chi connectivity index (χ2v) is 4.80. The summed E-state index contributed by atoms with van der Waals surface area (Å²) >= 11 is 0. The number of aromatic nitrogens is 2. The van der Waals surface area contributed by atoms with Gasteiger partial charge in [-0.1, -0.05) is 12.1 Å². The molecule has 0 radical (unpaired) electrons. The fraction of sp³-hybridized carbons (Fsp3) is 0.125. The summed E-state index contributed by atoms with van der Waals surface area (Å²) in [5, 5.41) is 10.2. The predicted octanol–water partition coefficient (Wildman–Crippen LogP) is 3.09. The molecule has 0 spiro atoms. The fourth-order valence-corrected chi connectivity index (χ4v) is 2.41. The highest BCUT2D eigenvalue weighted by atomic mass is 16.4. The minimum atomic E-state index is -0.907. The molecule has 2 heterocycles. The Bertz CT molecular complexity index is 776. The Hall–Kier alpha value is -2.62. The summed E-state index contributed by atoms with van der Waals surface area (Å²) in [4.78, 5) is 15.4. The van der Waals surface area contributed by atoms with Gasteiger partial charge in [-0.3, -0.25) is 4.98 Å². The first-order valence-corrected chi connectivity index (χ1v) is 6.38. The fourth-order valence-electron chi connectivity index (χ4n) is 2.41. The molecule has 0 saturated carbocycles. The Labute approximate surface area is 116 Å². The van der Waals surface area contributed by atoms with Gasteiger partial charge in [-0.15, -0.1) is 0 Å². The average molecular weight is 266 g/mol. The van der Waals surface area contributed by atoms with E-state index < -0.39 is 5.97 Å². The molecule has 2 aromatic heterocycles. The lowest BCUT2D eigenvalue weighted by molar-refractivity contribution is 0.0697. The summed E-state index contributed by atoms with van der Waals surface area (Å²) in [6.45, 7) is 2.66. The smallest absolute Gasteiger partial charge is 0.335 e. The van der Waals surface area contributed by atoms with E-state index in [4.69, 9.17) is 5.11 Å². The zero-order chi connectivity index (χ0) is 14.1. The van der Waals surface area contributed by atoms with Gasteiger partial charge in [0.1, 0.15) is 0 Å². The van der Waals surface area contributed by atoms with Gasteiger partial charge < -0.3 is 9.67 Å². The van der Waals surface area contributed by atoms with Crippen LogP contribution in [0.5, 0.6) is 0 Å². The van der Waals surface area contributed by atoms with E-state index >= 15 is 0 Å². The van der Waals surface area contributed by atoms with Crippen molar-refractivity contribution in [3.8, 4) is 0 Å². The van der Waals surface area contributed by atoms with Gasteiger partial charge in [0.25, 0.3) is 0 Å². The molecule has 0 aliphatic carbocycles. The van der Waals surface area contributed by atoms with Crippen LogP contribution in [0.25, 0.3) is 10.9 Å². The number of hydrogen-bond donors (Lipinski definition) is 1. The van der Waals surface area contributed by atoms with Gasteiger partial charge >= 0.3 is 5.97 Å². The number of benzene rings is 1. The third-order valence-corrected chi connectivity index (χ3v) is 3.39. The van der Waals surface area contributed by atoms with Gasteiger partial charge in [0, 0.05) is 23.3 Å². The molecule has 0 atom stereocenters. The summed E-state index contributed by atoms with van der Waals surface area (Å²) in [6, 6.07) is 11.0. The maximum atomic E-state index is 11.1. The minimum absolute atomic E-state index is 0.304. The Morgan fingerprint density at radius 1 is 1.30 bits per heavy atom. The molecule has 0 fully saturated rings. The van der Waals surface area contributed by atoms with Gasteiger partial charge in [0.05, 0.1) is 17.8 Å². The van der Waals surface area contributed by atoms with Crippen LogP contribution in [0, 0.1) is 6.92 Å². The van der Waals surface area contributed by atoms with Gasteiger partial charge in [-0.25, -0.2) is 4.79 Å². The Balaban J connectivity index is 2.10. The standard InChI is InChI=1S/C16H14N2O2/c1-11-9-18(10-13-4-2-3-7-17-13)15-8-12(16(19)20)5-6-14(11)15/h2-9H,10H2,1H3,(H,19,20). The monoisotopic (exact) mass is 266 g/mol. The first kappa shape index (κ1) is 12.4. The first-order valence-electron chi connectivity index (χ1n) is 6.38. The molecule has 0 unspecified atom stereocenters. The molecule has 3 rings (SSSR count). The summed E-state index contributed by atoms with van der Waals surface area (Å²) in [6.07, 6.45) is 3.79. The number of pyridine rings is 1. The van der Waals surface area contributed by atoms with Crippen molar-refractivity contribution in [2.75, 3.05) is 0 Å². The highest BCUT2D eigenvalue weighted by molar-refractivity contribution is 5.94. The van der Waals surface area contributed by atoms with Crippen molar-refractivity contribution < 1.29 is 9.90 Å². The quantitative estimate of drug-likeness (QED) is 0.792. The van der Waals surface area contributed by atoms with E-state index in [0.717, 1.165) is 22.2 Å². The minimum Gasteiger partial charge on any atom is -0.478 e. The van der Waals surface area contributed by atoms with Gasteiger partial charge in [-0.05, 0) is 36.8 Å². The zero-order valence-electron chi connectivity index (χ0n) is 11.1. The van der Waals surface area contributed by atoms with Crippen molar-refractivity contribution in [2.45, 2.75) is 13.5 Å². The van der Waals surface area contributed by atoms with Crippen molar-refractivity contribution in [2.24, 2.45) is 0 Å². The van der Waals surface area contributed by atoms with E-state index in [0.29, 0.717) is 12.1 Å². The van der Waals surface area contributed by atoms with Crippen LogP contribution in [0.1, 0.15) is 21.6 Å². The molecule has 0 bridgehead atoms. The molecule has 0 aliphatic heterocycles. The second-order valence-electron chi connectivity index (χ2n) is 4.80. The van der Waals surface area contributed by atoms with Crippen molar-refractivity contribution in [3.05, 3.63) is 65.6 Å². The molecule has 20 heavy (non-hydrogen) atoms. The molecule has 0 saturated heterocycles. The topological polar surface area (TPSA) is 55.1 Å². The van der Waals surface area contributed by atoms with Crippen molar-refractivity contribution in [1.29, 1.82) is 0 Å². The molecular weight excluding hydrogens is 252 g/mol. The van der Waals surface area contributed by atoms with Crippen LogP contribution in [-0.4, -0.2) is 20.6 Å². The van der Waals surface area contributed by atoms with Gasteiger partial charge in [0.15, 0.2) is 0 Å². The number of rotatable bonds is 3. The number of carbonyl (C=O) groups is 1. The summed E-state index contributed by atoms with van der Waals surface area (Å²) in [5.74, 6) is -0.907. The Kier molecular flexibility index (Phi) is 2.99. The van der Waals surface area contributed by atoms with Crippen LogP contribution in [0.4, 0.5) is 0 Å². The van der Waals surface area contributed by atoms with Crippen molar-refractivity contribution >= 4 is 16.9 Å². The average Bonchev–Trinajstić information content (AvgIpc) is 2.76. The summed E-state index contributed by atoms with van der Waals surface area (Å²) in [5.41, 5.74) is 3.31. The maximum absolute atomic E-state index is 11.1. The van der Waals surface area contributed by atoms with E-state index in [2.05, 4.69) is 4.98 Å². The molecule has 3 aromatic rings. The maximum Gasteiger partial charge on any atom is 0.335 e. The van der Waals surface area contributed by atoms with Crippen LogP contribution < -0.4 is 0 Å². The molecule has 4 nitrogen and oxygen atoms in total. The number of carboxylic acids is 1. The number of aryl methyl sites for hydroxylation is 1. The van der Waals surface area contributed by atoms with Gasteiger partial charge in [0.2, 0.25) is 0 Å². The van der Waals surface area contributed by atoms with Crippen LogP contribution in [0.2, 0.25) is 0 Å². The third-order valence-electron chi connectivity index (χ3n) is 3.39. The number of aromatic carboxylic acids is 1. The highest BCUT2D eigenvalue weighted by Gasteiger charge is 2.10. The van der Waals surface area contributed by atoms with Crippen LogP contribution in [-0.2, 0) is 6.54 Å². The number of nitrogens with zero attached hydrogens (tertiary/aromatic N) is 2. The van der Waals surface area contributed by atoms with Crippen LogP contribution in [0.3, 0.4) is 0 Å². The van der Waals surface area contributed by atoms with E-state index in [1.165, 1.54) is 0 Å². The highest BCUT2D eigenvalue weighted by Crippen LogP contribution is 2.23. The zero-order valence-corrected chi connectivity index (χ0v) is 11.1. The summed E-state index contributed by atoms with van der Waals surface area (Å²) in [7, 11) is 0. The lowest BCUT2D eigenvalue weighted by Crippen LogP contribution is -2.01. The summed E-state index contributed by atoms with van der Waals surface area (Å²) < 4.78 is 2.04. The molecule has 100 valence electrons. The Morgan fingerprint density at radius 3 is 2.85 bits per heavy atom. The second kappa shape index (κ2) is 4.81. The molecule has 1 aromatic carbocycles. The van der Waals surface area contributed by atoms with E-state index in [1.807, 2.05) is 42.0 Å². The third kappa shape index (κ3) is 2.16. The number of fused-ring (bicyclic) bond motifs is 1. The van der Waals surface area contributed by atoms with Crippen molar-refractivity contribution in [3.63, 3.8) is 0 Å². The number of carboxylic acid groups (broad SMARTS) is 1. The first-order chi connectivity index (χ1) is 9.65. The lowest BCUT2D eigenvalue weighted by atomic mass is 10.1. The molecule has 4 heteroatoms. The number of hydrogen-bond acceptors (Lipinski definition) is 2. The predicted molar refractivity (Wildman–Crippen MR) is 77.0 cm³/mol. The van der Waals surface area contributed by atoms with Crippen molar-refractivity contribution in [1.82, 2.24) is 9.55 Å².